The van der Waals surface area contributed by atoms with Gasteiger partial charge in [-0.15, -0.1) is 0 Å². The van der Waals surface area contributed by atoms with Crippen LogP contribution in [0.15, 0.2) is 41.3 Å². The van der Waals surface area contributed by atoms with Crippen LogP contribution < -0.4 is 16.6 Å². The van der Waals surface area contributed by atoms with Crippen LogP contribution in [-0.2, 0) is 6.54 Å². The first-order valence-corrected chi connectivity index (χ1v) is 5.94. The van der Waals surface area contributed by atoms with E-state index in [4.69, 9.17) is 5.73 Å². The lowest BCUT2D eigenvalue weighted by molar-refractivity contribution is 0.611. The standard InChI is InChI=1S/C13H15FN4O/c14-11-3-1-2-10(6-11)9-18-13(19)7-12(8-17-18)16-5-4-15/h1-3,6-8,16H,4-5,9,15H2. The number of anilines is 1. The van der Waals surface area contributed by atoms with Gasteiger partial charge >= 0.3 is 0 Å². The van der Waals surface area contributed by atoms with Gasteiger partial charge in [0.05, 0.1) is 18.4 Å². The molecule has 0 radical (unpaired) electrons. The minimum atomic E-state index is -0.327. The number of nitrogens with one attached hydrogen (secondary N) is 1. The molecule has 0 amide bonds. The van der Waals surface area contributed by atoms with E-state index in [1.807, 2.05) is 0 Å². The molecule has 1 heterocycles. The van der Waals surface area contributed by atoms with Crippen molar-refractivity contribution in [2.24, 2.45) is 5.73 Å². The van der Waals surface area contributed by atoms with Crippen LogP contribution in [0.4, 0.5) is 10.1 Å². The molecule has 1 aromatic heterocycles. The molecule has 0 unspecified atom stereocenters. The highest BCUT2D eigenvalue weighted by Crippen LogP contribution is 2.05. The maximum absolute atomic E-state index is 13.0. The van der Waals surface area contributed by atoms with E-state index in [9.17, 15) is 9.18 Å². The normalized spacial score (nSPS) is 10.4. The van der Waals surface area contributed by atoms with Crippen molar-refractivity contribution in [3.05, 3.63) is 58.3 Å². The molecule has 3 N–H and O–H groups in total. The number of benzene rings is 1. The Kier molecular flexibility index (Phi) is 4.25. The lowest BCUT2D eigenvalue weighted by Crippen LogP contribution is -2.24. The molecule has 0 fully saturated rings. The average Bonchev–Trinajstić information content (AvgIpc) is 2.39. The maximum Gasteiger partial charge on any atom is 0.269 e. The van der Waals surface area contributed by atoms with E-state index in [1.54, 1.807) is 18.3 Å². The molecule has 2 rings (SSSR count). The second-order valence-electron chi connectivity index (χ2n) is 4.09. The van der Waals surface area contributed by atoms with Crippen molar-refractivity contribution in [3.8, 4) is 0 Å². The molecule has 6 heteroatoms. The lowest BCUT2D eigenvalue weighted by atomic mass is 10.2. The molecule has 0 aliphatic heterocycles. The first-order chi connectivity index (χ1) is 9.19. The zero-order valence-corrected chi connectivity index (χ0v) is 10.3. The Hall–Kier alpha value is -2.21. The molecule has 0 aliphatic rings. The molecule has 5 nitrogen and oxygen atoms in total. The lowest BCUT2D eigenvalue weighted by Gasteiger charge is -2.07. The molecular formula is C13H15FN4O. The highest BCUT2D eigenvalue weighted by molar-refractivity contribution is 5.38. The second-order valence-corrected chi connectivity index (χ2v) is 4.09. The molecule has 1 aromatic carbocycles. The summed E-state index contributed by atoms with van der Waals surface area (Å²) in [6.07, 6.45) is 1.55. The Balaban J connectivity index is 2.15. The summed E-state index contributed by atoms with van der Waals surface area (Å²) in [5, 5.41) is 7.01. The van der Waals surface area contributed by atoms with E-state index in [0.29, 0.717) is 24.3 Å². The van der Waals surface area contributed by atoms with Crippen LogP contribution in [0.3, 0.4) is 0 Å². The summed E-state index contributed by atoms with van der Waals surface area (Å²) in [5.41, 5.74) is 6.44. The minimum absolute atomic E-state index is 0.244. The van der Waals surface area contributed by atoms with Crippen molar-refractivity contribution in [1.29, 1.82) is 0 Å². The van der Waals surface area contributed by atoms with E-state index in [0.717, 1.165) is 0 Å². The first-order valence-electron chi connectivity index (χ1n) is 5.94. The summed E-state index contributed by atoms with van der Waals surface area (Å²) in [6, 6.07) is 7.54. The summed E-state index contributed by atoms with van der Waals surface area (Å²) in [6.45, 7) is 1.30. The predicted molar refractivity (Wildman–Crippen MR) is 71.5 cm³/mol. The van der Waals surface area contributed by atoms with Crippen LogP contribution in [0.5, 0.6) is 0 Å². The van der Waals surface area contributed by atoms with Crippen LogP contribution >= 0.6 is 0 Å². The van der Waals surface area contributed by atoms with Crippen molar-refractivity contribution in [3.63, 3.8) is 0 Å². The summed E-state index contributed by atoms with van der Waals surface area (Å²) in [4.78, 5) is 11.8. The monoisotopic (exact) mass is 262 g/mol. The largest absolute Gasteiger partial charge is 0.382 e. The Morgan fingerprint density at radius 1 is 1.37 bits per heavy atom. The maximum atomic E-state index is 13.0. The first kappa shape index (κ1) is 13.2. The molecule has 0 aliphatic carbocycles. The van der Waals surface area contributed by atoms with E-state index in [2.05, 4.69) is 10.4 Å². The van der Waals surface area contributed by atoms with Crippen LogP contribution in [0.25, 0.3) is 0 Å². The van der Waals surface area contributed by atoms with Crippen LogP contribution in [0, 0.1) is 5.82 Å². The minimum Gasteiger partial charge on any atom is -0.382 e. The summed E-state index contributed by atoms with van der Waals surface area (Å²) in [7, 11) is 0. The molecule has 0 spiro atoms. The number of hydrogen-bond donors (Lipinski definition) is 2. The van der Waals surface area contributed by atoms with Gasteiger partial charge in [0.2, 0.25) is 0 Å². The van der Waals surface area contributed by atoms with Gasteiger partial charge in [-0.1, -0.05) is 12.1 Å². The van der Waals surface area contributed by atoms with Crippen LogP contribution in [0.2, 0.25) is 0 Å². The molecule has 0 bridgehead atoms. The van der Waals surface area contributed by atoms with Crippen LogP contribution in [0.1, 0.15) is 5.56 Å². The fourth-order valence-corrected chi connectivity index (χ4v) is 1.67. The molecule has 0 saturated carbocycles. The van der Waals surface area contributed by atoms with E-state index >= 15 is 0 Å². The smallest absolute Gasteiger partial charge is 0.269 e. The number of halogens is 1. The number of rotatable bonds is 5. The highest BCUT2D eigenvalue weighted by atomic mass is 19.1. The zero-order valence-electron chi connectivity index (χ0n) is 10.3. The molecule has 100 valence electrons. The molecular weight excluding hydrogens is 247 g/mol. The summed E-state index contributed by atoms with van der Waals surface area (Å²) in [5.74, 6) is -0.327. The predicted octanol–water partition coefficient (Wildman–Crippen LogP) is 0.801. The topological polar surface area (TPSA) is 72.9 Å². The summed E-state index contributed by atoms with van der Waals surface area (Å²) >= 11 is 0. The molecule has 2 aromatic rings. The van der Waals surface area contributed by atoms with Gasteiger partial charge in [-0.05, 0) is 17.7 Å². The van der Waals surface area contributed by atoms with E-state index in [-0.39, 0.29) is 17.9 Å². The van der Waals surface area contributed by atoms with Gasteiger partial charge in [0.1, 0.15) is 5.82 Å². The van der Waals surface area contributed by atoms with Gasteiger partial charge in [-0.2, -0.15) is 5.10 Å². The fraction of sp³-hybridized carbons (Fsp3) is 0.231. The number of nitrogens with two attached hydrogens (primary N) is 1. The van der Waals surface area contributed by atoms with Gasteiger partial charge in [-0.25, -0.2) is 9.07 Å². The van der Waals surface area contributed by atoms with Crippen molar-refractivity contribution in [2.45, 2.75) is 6.54 Å². The van der Waals surface area contributed by atoms with Gasteiger partial charge in [0.25, 0.3) is 5.56 Å². The highest BCUT2D eigenvalue weighted by Gasteiger charge is 2.02. The van der Waals surface area contributed by atoms with E-state index < -0.39 is 0 Å². The Labute approximate surface area is 109 Å². The van der Waals surface area contributed by atoms with Gasteiger partial charge in [0.15, 0.2) is 0 Å². The average molecular weight is 262 g/mol. The molecule has 0 saturated heterocycles. The van der Waals surface area contributed by atoms with Crippen molar-refractivity contribution >= 4 is 5.69 Å². The van der Waals surface area contributed by atoms with Gasteiger partial charge < -0.3 is 11.1 Å². The fourth-order valence-electron chi connectivity index (χ4n) is 1.67. The quantitative estimate of drug-likeness (QED) is 0.836. The second kappa shape index (κ2) is 6.10. The third-order valence-electron chi connectivity index (χ3n) is 2.56. The van der Waals surface area contributed by atoms with Crippen molar-refractivity contribution < 1.29 is 4.39 Å². The van der Waals surface area contributed by atoms with Crippen molar-refractivity contribution in [2.75, 3.05) is 18.4 Å². The SMILES string of the molecule is NCCNc1cnn(Cc2cccc(F)c2)c(=O)c1. The Morgan fingerprint density at radius 2 is 2.21 bits per heavy atom. The number of aromatic nitrogens is 2. The third kappa shape index (κ3) is 3.62. The molecule has 0 atom stereocenters. The van der Waals surface area contributed by atoms with E-state index in [1.165, 1.54) is 22.9 Å². The Morgan fingerprint density at radius 3 is 2.89 bits per heavy atom. The van der Waals surface area contributed by atoms with Crippen LogP contribution in [-0.4, -0.2) is 22.9 Å². The Bertz CT molecular complexity index is 612. The zero-order chi connectivity index (χ0) is 13.7. The van der Waals surface area contributed by atoms with Crippen molar-refractivity contribution in [1.82, 2.24) is 9.78 Å². The van der Waals surface area contributed by atoms with Gasteiger partial charge in [0, 0.05) is 19.2 Å². The number of hydrogen-bond acceptors (Lipinski definition) is 4. The summed E-state index contributed by atoms with van der Waals surface area (Å²) < 4.78 is 14.3. The van der Waals surface area contributed by atoms with Gasteiger partial charge in [-0.3, -0.25) is 4.79 Å². The molecule has 19 heavy (non-hydrogen) atoms. The number of nitrogens with zero attached hydrogens (tertiary/aromatic N) is 2. The third-order valence-corrected chi connectivity index (χ3v) is 2.56.